The highest BCUT2D eigenvalue weighted by molar-refractivity contribution is 6.00. The minimum Gasteiger partial charge on any atom is -0.476 e. The second-order valence-corrected chi connectivity index (χ2v) is 8.97. The third-order valence-corrected chi connectivity index (χ3v) is 6.79. The Morgan fingerprint density at radius 2 is 1.71 bits per heavy atom. The molecule has 2 aliphatic rings. The summed E-state index contributed by atoms with van der Waals surface area (Å²) in [5.41, 5.74) is 4.48. The molecule has 0 bridgehead atoms. The van der Waals surface area contributed by atoms with Gasteiger partial charge in [0.05, 0.1) is 11.6 Å². The van der Waals surface area contributed by atoms with Gasteiger partial charge in [-0.3, -0.25) is 9.48 Å². The zero-order valence-electron chi connectivity index (χ0n) is 19.2. The number of rotatable bonds is 6. The number of carboxylic acids is 1. The number of hydrogen-bond donors (Lipinski definition) is 3. The number of aryl methyl sites for hydroxylation is 1. The molecule has 0 aliphatic heterocycles. The Labute approximate surface area is 202 Å². The lowest BCUT2D eigenvalue weighted by Gasteiger charge is -2.21. The number of nitrogens with one attached hydrogen (secondary N) is 2. The van der Waals surface area contributed by atoms with E-state index >= 15 is 0 Å². The summed E-state index contributed by atoms with van der Waals surface area (Å²) in [5.74, 6) is -2.10. The molecule has 0 radical (unpaired) electrons. The number of nitrogens with zero attached hydrogens (tertiary/aromatic N) is 2. The van der Waals surface area contributed by atoms with E-state index < -0.39 is 24.0 Å². The fourth-order valence-corrected chi connectivity index (χ4v) is 5.20. The van der Waals surface area contributed by atoms with Gasteiger partial charge in [0, 0.05) is 25.2 Å². The fraction of sp³-hybridized carbons (Fsp3) is 0.308. The molecule has 5 rings (SSSR count). The standard InChI is InChI=1S/C26H26N4O5/c1-30-13-22(23(29-30)25(32)33)27-24(31)19-11-6-12-21(19)28-26(34)35-14-20-17-9-4-2-7-15(17)16-8-3-5-10-18(16)20/h2-5,7-10,13,19-21H,6,11-12,14H2,1H3,(H,27,31)(H,28,34)(H,32,33). The van der Waals surface area contributed by atoms with Gasteiger partial charge in [0.2, 0.25) is 5.91 Å². The Bertz CT molecular complexity index is 1250. The van der Waals surface area contributed by atoms with Crippen LogP contribution in [0.1, 0.15) is 46.8 Å². The minimum absolute atomic E-state index is 0.0455. The molecular weight excluding hydrogens is 448 g/mol. The zero-order chi connectivity index (χ0) is 24.5. The van der Waals surface area contributed by atoms with E-state index in [1.54, 1.807) is 7.05 Å². The number of aromatic carboxylic acids is 1. The van der Waals surface area contributed by atoms with Gasteiger partial charge in [-0.05, 0) is 35.1 Å². The van der Waals surface area contributed by atoms with Gasteiger partial charge >= 0.3 is 12.1 Å². The molecule has 1 heterocycles. The van der Waals surface area contributed by atoms with E-state index in [0.29, 0.717) is 12.8 Å². The van der Waals surface area contributed by atoms with Crippen molar-refractivity contribution in [2.45, 2.75) is 31.2 Å². The molecule has 0 spiro atoms. The van der Waals surface area contributed by atoms with Gasteiger partial charge in [-0.2, -0.15) is 5.10 Å². The van der Waals surface area contributed by atoms with E-state index in [1.165, 1.54) is 10.9 Å². The summed E-state index contributed by atoms with van der Waals surface area (Å²) < 4.78 is 6.96. The first kappa shape index (κ1) is 22.6. The maximum absolute atomic E-state index is 12.9. The lowest BCUT2D eigenvalue weighted by Crippen LogP contribution is -2.42. The van der Waals surface area contributed by atoms with Crippen molar-refractivity contribution in [3.8, 4) is 11.1 Å². The topological polar surface area (TPSA) is 123 Å². The fourth-order valence-electron chi connectivity index (χ4n) is 5.20. The predicted octanol–water partition coefficient (Wildman–Crippen LogP) is 3.76. The number of alkyl carbamates (subject to hydrolysis) is 1. The van der Waals surface area contributed by atoms with E-state index in [-0.39, 0.29) is 29.8 Å². The molecule has 9 nitrogen and oxygen atoms in total. The van der Waals surface area contributed by atoms with E-state index in [9.17, 15) is 19.5 Å². The summed E-state index contributed by atoms with van der Waals surface area (Å²) in [6.45, 7) is 0.196. The number of fused-ring (bicyclic) bond motifs is 3. The Balaban J connectivity index is 1.22. The summed E-state index contributed by atoms with van der Waals surface area (Å²) in [6, 6.07) is 15.8. The van der Waals surface area contributed by atoms with Crippen LogP contribution < -0.4 is 10.6 Å². The molecule has 2 atom stereocenters. The van der Waals surface area contributed by atoms with E-state index in [1.807, 2.05) is 24.3 Å². The summed E-state index contributed by atoms with van der Waals surface area (Å²) >= 11 is 0. The molecule has 1 saturated carbocycles. The molecule has 9 heteroatoms. The molecule has 1 aromatic heterocycles. The van der Waals surface area contributed by atoms with Crippen molar-refractivity contribution in [2.24, 2.45) is 13.0 Å². The van der Waals surface area contributed by atoms with Crippen molar-refractivity contribution >= 4 is 23.7 Å². The molecule has 2 aliphatic carbocycles. The van der Waals surface area contributed by atoms with Gasteiger partial charge in [-0.1, -0.05) is 55.0 Å². The van der Waals surface area contributed by atoms with E-state index in [4.69, 9.17) is 4.74 Å². The van der Waals surface area contributed by atoms with Gasteiger partial charge in [-0.25, -0.2) is 9.59 Å². The van der Waals surface area contributed by atoms with Crippen LogP contribution in [0.4, 0.5) is 10.5 Å². The molecule has 180 valence electrons. The maximum Gasteiger partial charge on any atom is 0.407 e. The summed E-state index contributed by atoms with van der Waals surface area (Å²) in [6.07, 6.45) is 2.88. The molecule has 2 aromatic carbocycles. The number of carbonyl (C=O) groups excluding carboxylic acids is 2. The molecule has 0 saturated heterocycles. The van der Waals surface area contributed by atoms with Gasteiger partial charge in [-0.15, -0.1) is 0 Å². The van der Waals surface area contributed by atoms with Crippen molar-refractivity contribution < 1.29 is 24.2 Å². The molecule has 3 N–H and O–H groups in total. The number of carboxylic acid groups (broad SMARTS) is 1. The largest absolute Gasteiger partial charge is 0.476 e. The predicted molar refractivity (Wildman–Crippen MR) is 128 cm³/mol. The number of benzene rings is 2. The lowest BCUT2D eigenvalue weighted by molar-refractivity contribution is -0.120. The number of aromatic nitrogens is 2. The Morgan fingerprint density at radius 3 is 2.37 bits per heavy atom. The van der Waals surface area contributed by atoms with Gasteiger partial charge in [0.15, 0.2) is 5.69 Å². The van der Waals surface area contributed by atoms with Crippen LogP contribution in [0, 0.1) is 5.92 Å². The van der Waals surface area contributed by atoms with Gasteiger partial charge in [0.1, 0.15) is 6.61 Å². The zero-order valence-corrected chi connectivity index (χ0v) is 19.2. The minimum atomic E-state index is -1.22. The molecule has 35 heavy (non-hydrogen) atoms. The highest BCUT2D eigenvalue weighted by atomic mass is 16.5. The second-order valence-electron chi connectivity index (χ2n) is 8.97. The first-order valence-electron chi connectivity index (χ1n) is 11.6. The Hall–Kier alpha value is -4.14. The lowest BCUT2D eigenvalue weighted by atomic mass is 9.98. The SMILES string of the molecule is Cn1cc(NC(=O)C2CCCC2NC(=O)OCC2c3ccccc3-c3ccccc32)c(C(=O)O)n1. The summed E-state index contributed by atoms with van der Waals surface area (Å²) in [5, 5.41) is 18.7. The molecule has 2 amide bonds. The number of hydrogen-bond acceptors (Lipinski definition) is 5. The number of anilines is 1. The van der Waals surface area contributed by atoms with Crippen LogP contribution in [-0.4, -0.2) is 45.5 Å². The average molecular weight is 475 g/mol. The van der Waals surface area contributed by atoms with Crippen molar-refractivity contribution in [2.75, 3.05) is 11.9 Å². The molecule has 2 unspecified atom stereocenters. The number of ether oxygens (including phenoxy) is 1. The highest BCUT2D eigenvalue weighted by Gasteiger charge is 2.36. The Morgan fingerprint density at radius 1 is 1.06 bits per heavy atom. The maximum atomic E-state index is 12.9. The van der Waals surface area contributed by atoms with Crippen LogP contribution in [0.15, 0.2) is 54.7 Å². The van der Waals surface area contributed by atoms with Crippen LogP contribution in [0.25, 0.3) is 11.1 Å². The van der Waals surface area contributed by atoms with E-state index in [0.717, 1.165) is 28.7 Å². The van der Waals surface area contributed by atoms with Crippen molar-refractivity contribution in [1.29, 1.82) is 0 Å². The van der Waals surface area contributed by atoms with Gasteiger partial charge < -0.3 is 20.5 Å². The van der Waals surface area contributed by atoms with Crippen LogP contribution in [0.2, 0.25) is 0 Å². The van der Waals surface area contributed by atoms with Crippen LogP contribution in [0.5, 0.6) is 0 Å². The summed E-state index contributed by atoms with van der Waals surface area (Å²) in [7, 11) is 1.58. The highest BCUT2D eigenvalue weighted by Crippen LogP contribution is 2.44. The van der Waals surface area contributed by atoms with Crippen molar-refractivity contribution in [3.63, 3.8) is 0 Å². The Kier molecular flexibility index (Phi) is 5.98. The first-order valence-corrected chi connectivity index (χ1v) is 11.6. The molecule has 3 aromatic rings. The van der Waals surface area contributed by atoms with Crippen molar-refractivity contribution in [1.82, 2.24) is 15.1 Å². The molecule has 1 fully saturated rings. The average Bonchev–Trinajstić information content (AvgIpc) is 3.53. The number of amides is 2. The monoisotopic (exact) mass is 474 g/mol. The first-order chi connectivity index (χ1) is 16.9. The molecular formula is C26H26N4O5. The van der Waals surface area contributed by atoms with Crippen LogP contribution in [-0.2, 0) is 16.6 Å². The normalized spacial score (nSPS) is 18.5. The quantitative estimate of drug-likeness (QED) is 0.500. The van der Waals surface area contributed by atoms with Gasteiger partial charge in [0.25, 0.3) is 0 Å². The third-order valence-electron chi connectivity index (χ3n) is 6.79. The van der Waals surface area contributed by atoms with Crippen LogP contribution in [0.3, 0.4) is 0 Å². The van der Waals surface area contributed by atoms with Crippen molar-refractivity contribution in [3.05, 3.63) is 71.5 Å². The second kappa shape index (κ2) is 9.25. The number of carbonyl (C=O) groups is 3. The van der Waals surface area contributed by atoms with Crippen LogP contribution >= 0.6 is 0 Å². The van der Waals surface area contributed by atoms with E-state index in [2.05, 4.69) is 40.0 Å². The third kappa shape index (κ3) is 4.37. The smallest absolute Gasteiger partial charge is 0.407 e. The summed E-state index contributed by atoms with van der Waals surface area (Å²) in [4.78, 5) is 37.0.